The number of carbonyl (C=O) groups is 2. The lowest BCUT2D eigenvalue weighted by atomic mass is 9.93. The van der Waals surface area contributed by atoms with Gasteiger partial charge in [-0.1, -0.05) is 6.07 Å². The predicted molar refractivity (Wildman–Crippen MR) is 82.5 cm³/mol. The van der Waals surface area contributed by atoms with Crippen molar-refractivity contribution in [1.82, 2.24) is 4.90 Å². The fourth-order valence-corrected chi connectivity index (χ4v) is 3.54. The molecule has 1 aromatic rings. The number of ether oxygens (including phenoxy) is 1. The number of fused-ring (bicyclic) bond motifs is 1. The summed E-state index contributed by atoms with van der Waals surface area (Å²) in [4.78, 5) is 25.8. The zero-order chi connectivity index (χ0) is 15.6. The number of hydrogen-bond acceptors (Lipinski definition) is 4. The summed E-state index contributed by atoms with van der Waals surface area (Å²) in [7, 11) is 0. The van der Waals surface area contributed by atoms with E-state index in [2.05, 4.69) is 10.2 Å². The summed E-state index contributed by atoms with van der Waals surface area (Å²) in [5.74, 6) is 0.0548. The minimum atomic E-state index is -0.527. The lowest BCUT2D eigenvalue weighted by molar-refractivity contribution is -0.125. The van der Waals surface area contributed by atoms with Crippen molar-refractivity contribution in [3.05, 3.63) is 24.3 Å². The van der Waals surface area contributed by atoms with Gasteiger partial charge in [-0.15, -0.1) is 0 Å². The number of nitrogens with one attached hydrogen (secondary N) is 1. The van der Waals surface area contributed by atoms with E-state index in [9.17, 15) is 9.59 Å². The molecule has 6 heteroatoms. The number of anilines is 1. The van der Waals surface area contributed by atoms with Crippen LogP contribution in [0, 0.1) is 0 Å². The van der Waals surface area contributed by atoms with E-state index in [4.69, 9.17) is 10.5 Å². The molecule has 0 radical (unpaired) electrons. The molecule has 0 aliphatic carbocycles. The minimum absolute atomic E-state index is 0.0644. The molecule has 1 aromatic carbocycles. The molecule has 0 bridgehead atoms. The quantitative estimate of drug-likeness (QED) is 0.853. The third kappa shape index (κ3) is 2.78. The average Bonchev–Trinajstić information content (AvgIpc) is 3.06. The van der Waals surface area contributed by atoms with Crippen LogP contribution < -0.4 is 15.8 Å². The smallest absolute Gasteiger partial charge is 0.255 e. The molecule has 3 N–H and O–H groups in total. The molecule has 2 amide bonds. The summed E-state index contributed by atoms with van der Waals surface area (Å²) in [5, 5.41) is 3.00. The molecule has 118 valence electrons. The lowest BCUT2D eigenvalue weighted by Crippen LogP contribution is -2.48. The van der Waals surface area contributed by atoms with Crippen molar-refractivity contribution < 1.29 is 14.3 Å². The summed E-state index contributed by atoms with van der Waals surface area (Å²) in [5.41, 5.74) is 5.41. The zero-order valence-electron chi connectivity index (χ0n) is 12.5. The minimum Gasteiger partial charge on any atom is -0.484 e. The molecule has 2 heterocycles. The molecule has 2 aliphatic heterocycles. The van der Waals surface area contributed by atoms with Crippen LogP contribution in [0.1, 0.15) is 25.7 Å². The number of hydrogen-bond donors (Lipinski definition) is 2. The third-order valence-electron chi connectivity index (χ3n) is 4.54. The summed E-state index contributed by atoms with van der Waals surface area (Å²) < 4.78 is 5.26. The van der Waals surface area contributed by atoms with Gasteiger partial charge in [-0.05, 0) is 50.9 Å². The van der Waals surface area contributed by atoms with E-state index in [0.717, 1.165) is 38.8 Å². The Morgan fingerprint density at radius 2 is 2.00 bits per heavy atom. The van der Waals surface area contributed by atoms with Crippen molar-refractivity contribution >= 4 is 17.5 Å². The Hall–Kier alpha value is -2.08. The predicted octanol–water partition coefficient (Wildman–Crippen LogP) is 1.12. The number of amides is 2. The van der Waals surface area contributed by atoms with Gasteiger partial charge in [0.05, 0.1) is 0 Å². The van der Waals surface area contributed by atoms with Crippen molar-refractivity contribution in [2.45, 2.75) is 31.2 Å². The van der Waals surface area contributed by atoms with Crippen LogP contribution in [-0.2, 0) is 9.59 Å². The van der Waals surface area contributed by atoms with Crippen LogP contribution in [-0.4, -0.2) is 41.9 Å². The number of carbonyl (C=O) groups excluding carboxylic acids is 2. The monoisotopic (exact) mass is 303 g/mol. The van der Waals surface area contributed by atoms with Gasteiger partial charge in [-0.25, -0.2) is 0 Å². The molecule has 0 spiro atoms. The van der Waals surface area contributed by atoms with Gasteiger partial charge >= 0.3 is 0 Å². The van der Waals surface area contributed by atoms with Gasteiger partial charge in [0.2, 0.25) is 5.91 Å². The standard InChI is InChI=1S/C16H21N3O3/c17-14(20)11-22-13-5-1-4-12(10-13)18-15(21)16-6-2-8-19(16)9-3-7-16/h1,4-5,10H,2-3,6-9,11H2,(H2,17,20)(H,18,21). The lowest BCUT2D eigenvalue weighted by Gasteiger charge is -2.30. The fraction of sp³-hybridized carbons (Fsp3) is 0.500. The Bertz CT molecular complexity index is 578. The Balaban J connectivity index is 1.69. The topological polar surface area (TPSA) is 84.7 Å². The molecular formula is C16H21N3O3. The second-order valence-electron chi connectivity index (χ2n) is 5.96. The third-order valence-corrected chi connectivity index (χ3v) is 4.54. The van der Waals surface area contributed by atoms with E-state index in [1.165, 1.54) is 0 Å². The van der Waals surface area contributed by atoms with E-state index in [1.807, 2.05) is 6.07 Å². The largest absolute Gasteiger partial charge is 0.484 e. The molecule has 2 saturated heterocycles. The second-order valence-corrected chi connectivity index (χ2v) is 5.96. The Morgan fingerprint density at radius 3 is 2.68 bits per heavy atom. The maximum absolute atomic E-state index is 12.7. The normalized spacial score (nSPS) is 19.6. The highest BCUT2D eigenvalue weighted by Gasteiger charge is 2.49. The molecule has 0 atom stereocenters. The fourth-order valence-electron chi connectivity index (χ4n) is 3.54. The van der Waals surface area contributed by atoms with Gasteiger partial charge < -0.3 is 15.8 Å². The van der Waals surface area contributed by atoms with Crippen LogP contribution in [0.15, 0.2) is 24.3 Å². The molecule has 6 nitrogen and oxygen atoms in total. The number of benzene rings is 1. The molecule has 0 unspecified atom stereocenters. The highest BCUT2D eigenvalue weighted by Crippen LogP contribution is 2.39. The number of nitrogens with two attached hydrogens (primary N) is 1. The van der Waals surface area contributed by atoms with Crippen LogP contribution in [0.25, 0.3) is 0 Å². The molecule has 2 fully saturated rings. The van der Waals surface area contributed by atoms with Gasteiger partial charge in [0.25, 0.3) is 5.91 Å². The summed E-state index contributed by atoms with van der Waals surface area (Å²) in [6.45, 7) is 1.85. The molecular weight excluding hydrogens is 282 g/mol. The van der Waals surface area contributed by atoms with Crippen LogP contribution in [0.5, 0.6) is 5.75 Å². The summed E-state index contributed by atoms with van der Waals surface area (Å²) in [6.07, 6.45) is 4.01. The highest BCUT2D eigenvalue weighted by atomic mass is 16.5. The first-order valence-electron chi connectivity index (χ1n) is 7.68. The molecule has 3 rings (SSSR count). The van der Waals surface area contributed by atoms with Crippen LogP contribution in [0.2, 0.25) is 0 Å². The van der Waals surface area contributed by atoms with Crippen molar-refractivity contribution in [3.63, 3.8) is 0 Å². The van der Waals surface area contributed by atoms with Crippen molar-refractivity contribution in [2.24, 2.45) is 5.73 Å². The van der Waals surface area contributed by atoms with Gasteiger partial charge in [0.15, 0.2) is 6.61 Å². The average molecular weight is 303 g/mol. The number of rotatable bonds is 5. The number of nitrogens with zero attached hydrogens (tertiary/aromatic N) is 1. The van der Waals surface area contributed by atoms with E-state index < -0.39 is 5.91 Å². The van der Waals surface area contributed by atoms with Crippen molar-refractivity contribution in [2.75, 3.05) is 25.0 Å². The Morgan fingerprint density at radius 1 is 1.27 bits per heavy atom. The first-order chi connectivity index (χ1) is 10.6. The van der Waals surface area contributed by atoms with Gasteiger partial charge in [0.1, 0.15) is 11.3 Å². The van der Waals surface area contributed by atoms with Gasteiger partial charge in [-0.3, -0.25) is 14.5 Å². The maximum atomic E-state index is 12.7. The van der Waals surface area contributed by atoms with E-state index in [0.29, 0.717) is 11.4 Å². The van der Waals surface area contributed by atoms with Crippen LogP contribution in [0.4, 0.5) is 5.69 Å². The van der Waals surface area contributed by atoms with Crippen molar-refractivity contribution in [1.29, 1.82) is 0 Å². The van der Waals surface area contributed by atoms with E-state index in [1.54, 1.807) is 18.2 Å². The first-order valence-corrected chi connectivity index (χ1v) is 7.68. The van der Waals surface area contributed by atoms with Crippen LogP contribution >= 0.6 is 0 Å². The number of primary amides is 1. The van der Waals surface area contributed by atoms with Gasteiger partial charge in [0, 0.05) is 11.8 Å². The summed E-state index contributed by atoms with van der Waals surface area (Å²) >= 11 is 0. The molecule has 22 heavy (non-hydrogen) atoms. The molecule has 0 aromatic heterocycles. The first kappa shape index (κ1) is 14.8. The van der Waals surface area contributed by atoms with Gasteiger partial charge in [-0.2, -0.15) is 0 Å². The summed E-state index contributed by atoms with van der Waals surface area (Å²) in [6, 6.07) is 7.05. The Labute approximate surface area is 129 Å². The Kier molecular flexibility index (Phi) is 4.02. The van der Waals surface area contributed by atoms with Crippen molar-refractivity contribution in [3.8, 4) is 5.75 Å². The zero-order valence-corrected chi connectivity index (χ0v) is 12.5. The molecule has 0 saturated carbocycles. The maximum Gasteiger partial charge on any atom is 0.255 e. The SMILES string of the molecule is NC(=O)COc1cccc(NC(=O)C23CCCN2CCC3)c1. The highest BCUT2D eigenvalue weighted by molar-refractivity contribution is 5.98. The van der Waals surface area contributed by atoms with Crippen LogP contribution in [0.3, 0.4) is 0 Å². The van der Waals surface area contributed by atoms with E-state index >= 15 is 0 Å². The van der Waals surface area contributed by atoms with E-state index in [-0.39, 0.29) is 18.1 Å². The second kappa shape index (κ2) is 5.96. The molecule has 2 aliphatic rings.